The molecule has 2 rings (SSSR count). The van der Waals surface area contributed by atoms with E-state index in [2.05, 4.69) is 0 Å². The maximum absolute atomic E-state index is 11.0. The zero-order valence-corrected chi connectivity index (χ0v) is 10.5. The van der Waals surface area contributed by atoms with Crippen LogP contribution in [0.25, 0.3) is 5.76 Å². The van der Waals surface area contributed by atoms with Gasteiger partial charge in [-0.05, 0) is 13.0 Å². The first-order chi connectivity index (χ1) is 7.70. The van der Waals surface area contributed by atoms with E-state index in [4.69, 9.17) is 0 Å². The first kappa shape index (κ1) is 15.4. The molecule has 2 aromatic rings. The molecule has 0 aliphatic heterocycles. The van der Waals surface area contributed by atoms with Gasteiger partial charge < -0.3 is 5.11 Å². The van der Waals surface area contributed by atoms with Crippen LogP contribution in [0.3, 0.4) is 0 Å². The summed E-state index contributed by atoms with van der Waals surface area (Å²) in [6.07, 6.45) is 1.09. The van der Waals surface area contributed by atoms with Crippen LogP contribution in [0.1, 0.15) is 12.5 Å². The van der Waals surface area contributed by atoms with Crippen molar-refractivity contribution in [2.75, 3.05) is 0 Å². The minimum absolute atomic E-state index is 0. The molecule has 0 aliphatic rings. The van der Waals surface area contributed by atoms with E-state index in [0.717, 1.165) is 6.08 Å². The molecule has 2 aromatic carbocycles. The second-order valence-electron chi connectivity index (χ2n) is 3.26. The molecule has 2 nitrogen and oxygen atoms in total. The van der Waals surface area contributed by atoms with Gasteiger partial charge in [-0.1, -0.05) is 0 Å². The Morgan fingerprint density at radius 2 is 1.88 bits per heavy atom. The van der Waals surface area contributed by atoms with E-state index in [1.807, 2.05) is 30.3 Å². The second kappa shape index (κ2) is 8.57. The van der Waals surface area contributed by atoms with Crippen LogP contribution in [-0.2, 0) is 21.9 Å². The van der Waals surface area contributed by atoms with E-state index >= 15 is 0 Å². The molecule has 0 fully saturated rings. The number of allylic oxidation sites excluding steroid dienone is 1. The number of carbonyl (C=O) groups is 1. The first-order valence-electron chi connectivity index (χ1n) is 4.98. The average molecular weight is 269 g/mol. The molecule has 0 aliphatic carbocycles. The van der Waals surface area contributed by atoms with Gasteiger partial charge in [0.1, 0.15) is 0 Å². The summed E-state index contributed by atoms with van der Waals surface area (Å²) >= 11 is 0. The fourth-order valence-corrected chi connectivity index (χ4v) is 1.13. The second-order valence-corrected chi connectivity index (χ2v) is 3.26. The van der Waals surface area contributed by atoms with Gasteiger partial charge in [0.2, 0.25) is 0 Å². The minimum Gasteiger partial charge on any atom is -0.882 e. The van der Waals surface area contributed by atoms with Gasteiger partial charge in [-0.2, -0.15) is 47.7 Å². The Hall–Kier alpha value is -1.57. The van der Waals surface area contributed by atoms with Gasteiger partial charge in [0, 0.05) is 0 Å². The summed E-state index contributed by atoms with van der Waals surface area (Å²) in [7, 11) is 0. The van der Waals surface area contributed by atoms with Gasteiger partial charge in [-0.3, -0.25) is 4.79 Å². The number of rotatable bonds is 2. The third-order valence-corrected chi connectivity index (χ3v) is 1.84. The van der Waals surface area contributed by atoms with Gasteiger partial charge in [-0.25, -0.2) is 18.2 Å². The van der Waals surface area contributed by atoms with Crippen molar-refractivity contribution in [1.29, 1.82) is 0 Å². The zero-order chi connectivity index (χ0) is 11.8. The Morgan fingerprint density at radius 3 is 2.24 bits per heavy atom. The molecule has 0 spiro atoms. The van der Waals surface area contributed by atoms with Crippen molar-refractivity contribution in [1.82, 2.24) is 0 Å². The van der Waals surface area contributed by atoms with E-state index in [1.165, 1.54) is 6.92 Å². The Labute approximate surface area is 112 Å². The van der Waals surface area contributed by atoms with Gasteiger partial charge >= 0.3 is 17.1 Å². The Morgan fingerprint density at radius 1 is 1.24 bits per heavy atom. The van der Waals surface area contributed by atoms with Crippen molar-refractivity contribution < 1.29 is 27.0 Å². The summed E-state index contributed by atoms with van der Waals surface area (Å²) in [5.41, 5.74) is 0.570. The monoisotopic (exact) mass is 269 g/mol. The Bertz CT molecular complexity index is 408. The van der Waals surface area contributed by atoms with Crippen LogP contribution in [0, 0.1) is 0 Å². The minimum atomic E-state index is -0.220. The number of hydrogen-bond donors (Lipinski definition) is 0. The van der Waals surface area contributed by atoms with Crippen LogP contribution in [-0.4, -0.2) is 5.78 Å². The molecule has 0 aromatic heterocycles. The molecule has 0 atom stereocenters. The molecule has 0 saturated carbocycles. The topological polar surface area (TPSA) is 40.1 Å². The summed E-state index contributed by atoms with van der Waals surface area (Å²) in [5.74, 6) is -0.432. The van der Waals surface area contributed by atoms with Crippen LogP contribution in [0.15, 0.2) is 60.7 Å². The average Bonchev–Trinajstić information content (AvgIpc) is 2.94. The van der Waals surface area contributed by atoms with E-state index in [1.54, 1.807) is 24.3 Å². The van der Waals surface area contributed by atoms with Crippen LogP contribution >= 0.6 is 0 Å². The summed E-state index contributed by atoms with van der Waals surface area (Å²) in [5, 5.41) is 11.0. The number of carbonyl (C=O) groups excluding carboxylic acids is 1. The molecule has 17 heavy (non-hydrogen) atoms. The number of ketones is 1. The third kappa shape index (κ3) is 6.56. The van der Waals surface area contributed by atoms with E-state index in [0.29, 0.717) is 5.56 Å². The summed E-state index contributed by atoms with van der Waals surface area (Å²) < 4.78 is 0. The van der Waals surface area contributed by atoms with Gasteiger partial charge in [0.25, 0.3) is 0 Å². The van der Waals surface area contributed by atoms with Gasteiger partial charge in [0.15, 0.2) is 5.78 Å². The predicted octanol–water partition coefficient (Wildman–Crippen LogP) is 2.10. The Kier molecular flexibility index (Phi) is 7.78. The van der Waals surface area contributed by atoms with Crippen molar-refractivity contribution in [3.05, 3.63) is 66.2 Å². The predicted molar refractivity (Wildman–Crippen MR) is 62.7 cm³/mol. The standard InChI is InChI=1S/C9H9O2.C5H5.Fe/c1-7(10)6-9(11)8-4-2-3-5-8;1-2-4-5-3-1;/h2-6,11H,1H3;1-5H;/q2*-1;+2/p-1/b9-6-;;. The maximum atomic E-state index is 11.0. The molecule has 0 amide bonds. The smallest absolute Gasteiger partial charge is 0.882 e. The van der Waals surface area contributed by atoms with Crippen molar-refractivity contribution in [3.63, 3.8) is 0 Å². The quantitative estimate of drug-likeness (QED) is 0.362. The molecule has 0 radical (unpaired) electrons. The fourth-order valence-electron chi connectivity index (χ4n) is 1.13. The van der Waals surface area contributed by atoms with E-state index in [9.17, 15) is 9.90 Å². The molecule has 3 heteroatoms. The van der Waals surface area contributed by atoms with E-state index < -0.39 is 0 Å². The molecular formula is C14H13FeO2-. The maximum Gasteiger partial charge on any atom is 2.00 e. The number of hydrogen-bond acceptors (Lipinski definition) is 2. The van der Waals surface area contributed by atoms with Crippen molar-refractivity contribution in [3.8, 4) is 0 Å². The van der Waals surface area contributed by atoms with E-state index in [-0.39, 0.29) is 28.6 Å². The normalized spacial score (nSPS) is 9.82. The van der Waals surface area contributed by atoms with Crippen LogP contribution < -0.4 is 5.11 Å². The van der Waals surface area contributed by atoms with Gasteiger partial charge in [-0.15, -0.1) is 0 Å². The van der Waals surface area contributed by atoms with Crippen molar-refractivity contribution in [2.45, 2.75) is 6.92 Å². The molecule has 90 valence electrons. The van der Waals surface area contributed by atoms with Crippen molar-refractivity contribution in [2.24, 2.45) is 0 Å². The van der Waals surface area contributed by atoms with Crippen LogP contribution in [0.2, 0.25) is 0 Å². The summed E-state index contributed by atoms with van der Waals surface area (Å²) in [6.45, 7) is 1.36. The van der Waals surface area contributed by atoms with Gasteiger partial charge in [0.05, 0.1) is 0 Å². The molecule has 0 saturated heterocycles. The first-order valence-corrected chi connectivity index (χ1v) is 4.98. The largest absolute Gasteiger partial charge is 2.00 e. The van der Waals surface area contributed by atoms with Crippen LogP contribution in [0.5, 0.6) is 0 Å². The van der Waals surface area contributed by atoms with Crippen LogP contribution in [0.4, 0.5) is 0 Å². The molecule has 0 bridgehead atoms. The van der Waals surface area contributed by atoms with Crippen molar-refractivity contribution >= 4 is 11.5 Å². The summed E-state index contributed by atoms with van der Waals surface area (Å²) in [6, 6.07) is 16.9. The Balaban J connectivity index is 0.000000360. The zero-order valence-electron chi connectivity index (χ0n) is 9.44. The molecule has 0 unspecified atom stereocenters. The molecular weight excluding hydrogens is 256 g/mol. The SMILES string of the molecule is CC(=O)/C=C(\[O-])c1cc[cH-]c1.[Fe+2].c1cc[cH-]c1. The summed E-state index contributed by atoms with van der Waals surface area (Å²) in [4.78, 5) is 10.5. The molecule has 0 heterocycles. The molecule has 0 N–H and O–H groups in total. The third-order valence-electron chi connectivity index (χ3n) is 1.84. The fraction of sp³-hybridized carbons (Fsp3) is 0.0714.